The standard InChI is InChI=1S/C12H10Cl2N6/c13-3-7-8(6-1-2-6)19-20(10(7)14)12-9-11(16-4-15-9)17-5-18-12/h4-6H,1-3H2,(H,15,16,17,18). The third-order valence-corrected chi connectivity index (χ3v) is 4.11. The first-order valence-corrected chi connectivity index (χ1v) is 7.18. The van der Waals surface area contributed by atoms with Crippen molar-refractivity contribution in [2.75, 3.05) is 0 Å². The highest BCUT2D eigenvalue weighted by molar-refractivity contribution is 6.31. The quantitative estimate of drug-likeness (QED) is 0.755. The van der Waals surface area contributed by atoms with Gasteiger partial charge in [0.25, 0.3) is 0 Å². The molecule has 1 saturated carbocycles. The first-order chi connectivity index (χ1) is 9.79. The molecule has 0 spiro atoms. The molecule has 20 heavy (non-hydrogen) atoms. The van der Waals surface area contributed by atoms with Crippen LogP contribution in [0.1, 0.15) is 30.0 Å². The summed E-state index contributed by atoms with van der Waals surface area (Å²) in [7, 11) is 0. The molecule has 1 aliphatic rings. The molecule has 0 aromatic carbocycles. The third kappa shape index (κ3) is 1.72. The summed E-state index contributed by atoms with van der Waals surface area (Å²) >= 11 is 12.4. The monoisotopic (exact) mass is 308 g/mol. The van der Waals surface area contributed by atoms with Crippen LogP contribution < -0.4 is 0 Å². The summed E-state index contributed by atoms with van der Waals surface area (Å²) in [5, 5.41) is 5.12. The average Bonchev–Trinajstić information content (AvgIpc) is 3.09. The van der Waals surface area contributed by atoms with Crippen LogP contribution in [0.15, 0.2) is 12.7 Å². The van der Waals surface area contributed by atoms with E-state index in [2.05, 4.69) is 25.0 Å². The smallest absolute Gasteiger partial charge is 0.184 e. The number of fused-ring (bicyclic) bond motifs is 1. The summed E-state index contributed by atoms with van der Waals surface area (Å²) in [4.78, 5) is 15.5. The Morgan fingerprint density at radius 1 is 1.30 bits per heavy atom. The topological polar surface area (TPSA) is 72.3 Å². The maximum Gasteiger partial charge on any atom is 0.184 e. The second-order valence-electron chi connectivity index (χ2n) is 4.77. The second kappa shape index (κ2) is 4.43. The molecule has 3 aromatic heterocycles. The van der Waals surface area contributed by atoms with Gasteiger partial charge in [-0.3, -0.25) is 0 Å². The number of hydrogen-bond acceptors (Lipinski definition) is 4. The highest BCUT2D eigenvalue weighted by atomic mass is 35.5. The molecule has 0 aliphatic heterocycles. The highest BCUT2D eigenvalue weighted by Crippen LogP contribution is 2.43. The maximum absolute atomic E-state index is 6.42. The molecule has 8 heteroatoms. The Morgan fingerprint density at radius 3 is 2.90 bits per heavy atom. The van der Waals surface area contributed by atoms with Gasteiger partial charge in [-0.05, 0) is 12.8 Å². The fourth-order valence-corrected chi connectivity index (χ4v) is 2.92. The largest absolute Gasteiger partial charge is 0.340 e. The zero-order valence-electron chi connectivity index (χ0n) is 10.3. The summed E-state index contributed by atoms with van der Waals surface area (Å²) in [6.07, 6.45) is 5.30. The van der Waals surface area contributed by atoms with Gasteiger partial charge in [-0.25, -0.2) is 19.6 Å². The highest BCUT2D eigenvalue weighted by Gasteiger charge is 2.31. The van der Waals surface area contributed by atoms with Gasteiger partial charge in [-0.1, -0.05) is 11.6 Å². The van der Waals surface area contributed by atoms with Gasteiger partial charge in [0.15, 0.2) is 11.5 Å². The number of aromatic nitrogens is 6. The summed E-state index contributed by atoms with van der Waals surface area (Å²) in [6, 6.07) is 0. The molecular formula is C12H10Cl2N6. The van der Waals surface area contributed by atoms with E-state index in [1.807, 2.05) is 0 Å². The van der Waals surface area contributed by atoms with Crippen molar-refractivity contribution in [2.24, 2.45) is 0 Å². The number of imidazole rings is 1. The van der Waals surface area contributed by atoms with Crippen LogP contribution >= 0.6 is 23.2 Å². The lowest BCUT2D eigenvalue weighted by atomic mass is 10.2. The van der Waals surface area contributed by atoms with Crippen molar-refractivity contribution >= 4 is 34.4 Å². The fraction of sp³-hybridized carbons (Fsp3) is 0.333. The SMILES string of the molecule is ClCc1c(C2CC2)nn(-c2ncnc3nc[nH]c23)c1Cl. The zero-order valence-corrected chi connectivity index (χ0v) is 11.9. The van der Waals surface area contributed by atoms with Crippen molar-refractivity contribution in [3.8, 4) is 5.82 Å². The van der Waals surface area contributed by atoms with Crippen molar-refractivity contribution in [3.05, 3.63) is 29.1 Å². The van der Waals surface area contributed by atoms with E-state index in [4.69, 9.17) is 23.2 Å². The first kappa shape index (κ1) is 12.1. The Labute approximate surface area is 124 Å². The van der Waals surface area contributed by atoms with Gasteiger partial charge in [-0.15, -0.1) is 11.6 Å². The van der Waals surface area contributed by atoms with Gasteiger partial charge in [0.2, 0.25) is 0 Å². The van der Waals surface area contributed by atoms with Gasteiger partial charge < -0.3 is 4.98 Å². The van der Waals surface area contributed by atoms with E-state index in [0.29, 0.717) is 33.9 Å². The predicted octanol–water partition coefficient (Wildman–Crippen LogP) is 2.81. The van der Waals surface area contributed by atoms with Crippen molar-refractivity contribution in [1.29, 1.82) is 0 Å². The average molecular weight is 309 g/mol. The van der Waals surface area contributed by atoms with Crippen LogP contribution in [0.4, 0.5) is 0 Å². The third-order valence-electron chi connectivity index (χ3n) is 3.45. The lowest BCUT2D eigenvalue weighted by Gasteiger charge is -2.02. The van der Waals surface area contributed by atoms with Gasteiger partial charge in [-0.2, -0.15) is 5.10 Å². The molecule has 0 atom stereocenters. The van der Waals surface area contributed by atoms with Crippen LogP contribution in [0, 0.1) is 0 Å². The van der Waals surface area contributed by atoms with E-state index in [9.17, 15) is 0 Å². The van der Waals surface area contributed by atoms with Crippen molar-refractivity contribution in [1.82, 2.24) is 29.7 Å². The number of nitrogens with zero attached hydrogens (tertiary/aromatic N) is 5. The summed E-state index contributed by atoms with van der Waals surface area (Å²) < 4.78 is 1.62. The molecule has 1 aliphatic carbocycles. The zero-order chi connectivity index (χ0) is 13.7. The molecule has 6 nitrogen and oxygen atoms in total. The Balaban J connectivity index is 1.96. The predicted molar refractivity (Wildman–Crippen MR) is 75.3 cm³/mol. The van der Waals surface area contributed by atoms with Crippen molar-refractivity contribution in [2.45, 2.75) is 24.6 Å². The summed E-state index contributed by atoms with van der Waals surface area (Å²) in [6.45, 7) is 0. The van der Waals surface area contributed by atoms with Crippen LogP contribution in [-0.4, -0.2) is 29.7 Å². The minimum Gasteiger partial charge on any atom is -0.340 e. The van der Waals surface area contributed by atoms with Crippen molar-refractivity contribution < 1.29 is 0 Å². The molecule has 0 amide bonds. The number of halogens is 2. The Morgan fingerprint density at radius 2 is 2.15 bits per heavy atom. The number of alkyl halides is 1. The normalized spacial score (nSPS) is 15.1. The van der Waals surface area contributed by atoms with E-state index in [1.54, 1.807) is 11.0 Å². The van der Waals surface area contributed by atoms with Crippen LogP contribution in [0.5, 0.6) is 0 Å². The molecule has 102 valence electrons. The fourth-order valence-electron chi connectivity index (χ4n) is 2.31. The molecule has 3 heterocycles. The lowest BCUT2D eigenvalue weighted by Crippen LogP contribution is -2.02. The number of hydrogen-bond donors (Lipinski definition) is 1. The summed E-state index contributed by atoms with van der Waals surface area (Å²) in [5.41, 5.74) is 3.17. The van der Waals surface area contributed by atoms with Gasteiger partial charge in [0.05, 0.1) is 17.9 Å². The van der Waals surface area contributed by atoms with E-state index in [1.165, 1.54) is 6.33 Å². The van der Waals surface area contributed by atoms with E-state index in [-0.39, 0.29) is 0 Å². The second-order valence-corrected chi connectivity index (χ2v) is 5.40. The summed E-state index contributed by atoms with van der Waals surface area (Å²) in [5.74, 6) is 1.42. The molecule has 3 aromatic rings. The van der Waals surface area contributed by atoms with E-state index in [0.717, 1.165) is 24.1 Å². The minimum absolute atomic E-state index is 0.349. The van der Waals surface area contributed by atoms with Crippen molar-refractivity contribution in [3.63, 3.8) is 0 Å². The van der Waals surface area contributed by atoms with Gasteiger partial charge in [0, 0.05) is 11.5 Å². The number of nitrogens with one attached hydrogen (secondary N) is 1. The van der Waals surface area contributed by atoms with E-state index < -0.39 is 0 Å². The molecule has 0 saturated heterocycles. The van der Waals surface area contributed by atoms with Crippen LogP contribution in [0.25, 0.3) is 17.0 Å². The van der Waals surface area contributed by atoms with E-state index >= 15 is 0 Å². The first-order valence-electron chi connectivity index (χ1n) is 6.27. The van der Waals surface area contributed by atoms with Crippen LogP contribution in [-0.2, 0) is 5.88 Å². The lowest BCUT2D eigenvalue weighted by molar-refractivity contribution is 0.815. The Kier molecular flexibility index (Phi) is 2.68. The molecule has 0 radical (unpaired) electrons. The molecule has 4 rings (SSSR count). The van der Waals surface area contributed by atoms with Crippen LogP contribution in [0.2, 0.25) is 5.15 Å². The maximum atomic E-state index is 6.42. The number of rotatable bonds is 3. The number of H-pyrrole nitrogens is 1. The van der Waals surface area contributed by atoms with Gasteiger partial charge in [0.1, 0.15) is 17.0 Å². The minimum atomic E-state index is 0.349. The van der Waals surface area contributed by atoms with Gasteiger partial charge >= 0.3 is 0 Å². The molecular weight excluding hydrogens is 299 g/mol. The Bertz CT molecular complexity index is 788. The Hall–Kier alpha value is -1.66. The molecule has 1 N–H and O–H groups in total. The molecule has 0 unspecified atom stereocenters. The molecule has 0 bridgehead atoms. The molecule has 1 fully saturated rings. The van der Waals surface area contributed by atoms with Crippen LogP contribution in [0.3, 0.4) is 0 Å². The number of aromatic amines is 1.